The number of hydrogen-bond acceptors (Lipinski definition) is 3. The highest BCUT2D eigenvalue weighted by atomic mass is 35.5. The summed E-state index contributed by atoms with van der Waals surface area (Å²) in [6, 6.07) is 13.5. The number of amides is 2. The van der Waals surface area contributed by atoms with Gasteiger partial charge in [-0.2, -0.15) is 0 Å². The summed E-state index contributed by atoms with van der Waals surface area (Å²) >= 11 is 5.89. The van der Waals surface area contributed by atoms with E-state index in [1.165, 1.54) is 12.3 Å². The fraction of sp³-hybridized carbons (Fsp3) is 0. The predicted molar refractivity (Wildman–Crippen MR) is 98.0 cm³/mol. The lowest BCUT2D eigenvalue weighted by Crippen LogP contribution is -2.14. The number of halogens is 2. The number of hydrogen-bond donors (Lipinski definition) is 2. The zero-order chi connectivity index (χ0) is 18.5. The van der Waals surface area contributed by atoms with Crippen molar-refractivity contribution in [3.63, 3.8) is 0 Å². The Balaban J connectivity index is 1.73. The molecule has 0 spiro atoms. The smallest absolute Gasteiger partial charge is 0.257 e. The second-order valence-corrected chi connectivity index (χ2v) is 5.76. The second-order valence-electron chi connectivity index (χ2n) is 5.35. The van der Waals surface area contributed by atoms with Gasteiger partial charge in [-0.05, 0) is 48.5 Å². The Morgan fingerprint density at radius 2 is 1.65 bits per heavy atom. The van der Waals surface area contributed by atoms with Gasteiger partial charge in [0.25, 0.3) is 11.8 Å². The molecular weight excluding hydrogens is 357 g/mol. The van der Waals surface area contributed by atoms with E-state index in [0.717, 1.165) is 12.1 Å². The topological polar surface area (TPSA) is 71.1 Å². The van der Waals surface area contributed by atoms with Crippen molar-refractivity contribution in [3.05, 3.63) is 89.0 Å². The summed E-state index contributed by atoms with van der Waals surface area (Å²) in [6.07, 6.45) is 3.03. The van der Waals surface area contributed by atoms with Crippen molar-refractivity contribution in [2.75, 3.05) is 10.6 Å². The van der Waals surface area contributed by atoms with Crippen LogP contribution in [0.1, 0.15) is 20.7 Å². The molecule has 0 saturated carbocycles. The van der Waals surface area contributed by atoms with Gasteiger partial charge >= 0.3 is 0 Å². The molecule has 0 fully saturated rings. The van der Waals surface area contributed by atoms with Crippen LogP contribution in [0, 0.1) is 5.82 Å². The first kappa shape index (κ1) is 17.6. The first-order valence-electron chi connectivity index (χ1n) is 7.61. The second kappa shape index (κ2) is 7.76. The lowest BCUT2D eigenvalue weighted by Gasteiger charge is -2.10. The highest BCUT2D eigenvalue weighted by Gasteiger charge is 2.12. The first-order valence-corrected chi connectivity index (χ1v) is 7.98. The summed E-state index contributed by atoms with van der Waals surface area (Å²) in [5, 5.41) is 5.40. The fourth-order valence-electron chi connectivity index (χ4n) is 2.25. The van der Waals surface area contributed by atoms with Crippen LogP contribution in [-0.2, 0) is 0 Å². The molecule has 0 radical (unpaired) electrons. The third-order valence-corrected chi connectivity index (χ3v) is 3.79. The number of anilines is 2. The molecule has 26 heavy (non-hydrogen) atoms. The molecule has 0 bridgehead atoms. The van der Waals surface area contributed by atoms with Crippen LogP contribution in [0.5, 0.6) is 0 Å². The molecular formula is C19H13ClFN3O2. The first-order chi connectivity index (χ1) is 12.5. The highest BCUT2D eigenvalue weighted by Crippen LogP contribution is 2.21. The van der Waals surface area contributed by atoms with E-state index in [1.807, 2.05) is 0 Å². The molecule has 5 nitrogen and oxygen atoms in total. The van der Waals surface area contributed by atoms with E-state index in [4.69, 9.17) is 11.6 Å². The minimum Gasteiger partial charge on any atom is -0.322 e. The Hall–Kier alpha value is -3.25. The summed E-state index contributed by atoms with van der Waals surface area (Å²) < 4.78 is 13.1. The summed E-state index contributed by atoms with van der Waals surface area (Å²) in [7, 11) is 0. The molecule has 2 N–H and O–H groups in total. The van der Waals surface area contributed by atoms with Crippen LogP contribution in [0.3, 0.4) is 0 Å². The number of nitrogens with zero attached hydrogens (tertiary/aromatic N) is 1. The maximum atomic E-state index is 13.1. The van der Waals surface area contributed by atoms with Crippen molar-refractivity contribution in [1.29, 1.82) is 0 Å². The van der Waals surface area contributed by atoms with Gasteiger partial charge in [0.15, 0.2) is 0 Å². The van der Waals surface area contributed by atoms with Crippen LogP contribution in [0.2, 0.25) is 5.02 Å². The molecule has 2 aromatic carbocycles. The average Bonchev–Trinajstić information content (AvgIpc) is 2.62. The summed E-state index contributed by atoms with van der Waals surface area (Å²) in [6.45, 7) is 0. The van der Waals surface area contributed by atoms with E-state index in [1.54, 1.807) is 42.6 Å². The Bertz CT molecular complexity index is 964. The van der Waals surface area contributed by atoms with Crippen LogP contribution in [0.4, 0.5) is 15.8 Å². The third-order valence-electron chi connectivity index (χ3n) is 3.48. The summed E-state index contributed by atoms with van der Waals surface area (Å²) in [4.78, 5) is 28.3. The zero-order valence-corrected chi connectivity index (χ0v) is 14.1. The molecule has 3 rings (SSSR count). The average molecular weight is 370 g/mol. The lowest BCUT2D eigenvalue weighted by molar-refractivity contribution is 0.101. The molecule has 0 aliphatic heterocycles. The minimum absolute atomic E-state index is 0.0172. The maximum Gasteiger partial charge on any atom is 0.257 e. The molecule has 0 unspecified atom stereocenters. The van der Waals surface area contributed by atoms with Crippen molar-refractivity contribution in [2.45, 2.75) is 0 Å². The Labute approximate surface area is 153 Å². The Morgan fingerprint density at radius 3 is 2.31 bits per heavy atom. The minimum atomic E-state index is -0.522. The number of pyridine rings is 1. The van der Waals surface area contributed by atoms with Crippen molar-refractivity contribution in [3.8, 4) is 0 Å². The molecule has 130 valence electrons. The standard InChI is InChI=1S/C19H13ClFN3O2/c20-17-9-13(21)6-7-16(17)19(26)24-15-5-1-4-14(10-15)23-18(25)12-3-2-8-22-11-12/h1-11H,(H,23,25)(H,24,26). The van der Waals surface area contributed by atoms with E-state index >= 15 is 0 Å². The molecule has 3 aromatic rings. The SMILES string of the molecule is O=C(Nc1cccc(NC(=O)c2ccc(F)cc2Cl)c1)c1cccnc1. The molecule has 1 aromatic heterocycles. The Morgan fingerprint density at radius 1 is 0.923 bits per heavy atom. The maximum absolute atomic E-state index is 13.1. The molecule has 7 heteroatoms. The fourth-order valence-corrected chi connectivity index (χ4v) is 2.50. The highest BCUT2D eigenvalue weighted by molar-refractivity contribution is 6.34. The van der Waals surface area contributed by atoms with Gasteiger partial charge < -0.3 is 10.6 Å². The molecule has 0 saturated heterocycles. The molecule has 2 amide bonds. The van der Waals surface area contributed by atoms with Crippen molar-refractivity contribution < 1.29 is 14.0 Å². The van der Waals surface area contributed by atoms with Gasteiger partial charge in [0.05, 0.1) is 16.1 Å². The summed E-state index contributed by atoms with van der Waals surface area (Å²) in [5.41, 5.74) is 1.53. The van der Waals surface area contributed by atoms with Crippen molar-refractivity contribution >= 4 is 34.8 Å². The quantitative estimate of drug-likeness (QED) is 0.717. The van der Waals surface area contributed by atoms with Crippen molar-refractivity contribution in [2.24, 2.45) is 0 Å². The van der Waals surface area contributed by atoms with Gasteiger partial charge in [-0.15, -0.1) is 0 Å². The zero-order valence-electron chi connectivity index (χ0n) is 13.4. The number of nitrogens with one attached hydrogen (secondary N) is 2. The van der Waals surface area contributed by atoms with E-state index in [2.05, 4.69) is 15.6 Å². The monoisotopic (exact) mass is 369 g/mol. The number of benzene rings is 2. The van der Waals surface area contributed by atoms with Crippen LogP contribution < -0.4 is 10.6 Å². The van der Waals surface area contributed by atoms with Gasteiger partial charge in [-0.3, -0.25) is 14.6 Å². The number of rotatable bonds is 4. The number of carbonyl (C=O) groups excluding carboxylic acids is 2. The van der Waals surface area contributed by atoms with E-state index in [-0.39, 0.29) is 16.5 Å². The largest absolute Gasteiger partial charge is 0.322 e. The molecule has 1 heterocycles. The van der Waals surface area contributed by atoms with Gasteiger partial charge in [-0.1, -0.05) is 17.7 Å². The Kier molecular flexibility index (Phi) is 5.24. The van der Waals surface area contributed by atoms with E-state index < -0.39 is 11.7 Å². The van der Waals surface area contributed by atoms with Gasteiger partial charge in [0, 0.05) is 23.8 Å². The number of carbonyl (C=O) groups is 2. The van der Waals surface area contributed by atoms with Crippen molar-refractivity contribution in [1.82, 2.24) is 4.98 Å². The van der Waals surface area contributed by atoms with E-state index in [9.17, 15) is 14.0 Å². The molecule has 0 aliphatic carbocycles. The van der Waals surface area contributed by atoms with Gasteiger partial charge in [0.2, 0.25) is 0 Å². The van der Waals surface area contributed by atoms with Crippen LogP contribution in [0.25, 0.3) is 0 Å². The van der Waals surface area contributed by atoms with Crippen LogP contribution in [0.15, 0.2) is 67.0 Å². The van der Waals surface area contributed by atoms with E-state index in [0.29, 0.717) is 16.9 Å². The third kappa shape index (κ3) is 4.23. The lowest BCUT2D eigenvalue weighted by atomic mass is 10.2. The normalized spacial score (nSPS) is 10.2. The predicted octanol–water partition coefficient (Wildman–Crippen LogP) is 4.38. The van der Waals surface area contributed by atoms with Crippen LogP contribution >= 0.6 is 11.6 Å². The molecule has 0 atom stereocenters. The summed E-state index contributed by atoms with van der Waals surface area (Å²) in [5.74, 6) is -1.32. The van der Waals surface area contributed by atoms with Gasteiger partial charge in [-0.25, -0.2) is 4.39 Å². The van der Waals surface area contributed by atoms with Crippen LogP contribution in [-0.4, -0.2) is 16.8 Å². The molecule has 0 aliphatic rings. The number of aromatic nitrogens is 1. The van der Waals surface area contributed by atoms with Gasteiger partial charge in [0.1, 0.15) is 5.82 Å².